The molecular weight excluding hydrogens is 234 g/mol. The lowest BCUT2D eigenvalue weighted by atomic mass is 10.2. The molecule has 6 nitrogen and oxygen atoms in total. The van der Waals surface area contributed by atoms with Crippen LogP contribution in [0.5, 0.6) is 0 Å². The zero-order valence-corrected chi connectivity index (χ0v) is 10.7. The molecule has 0 radical (unpaired) electrons. The van der Waals surface area contributed by atoms with E-state index in [9.17, 15) is 4.79 Å². The number of anilines is 1. The Hall–Kier alpha value is -1.53. The number of nitrogens with two attached hydrogens (primary N) is 1. The summed E-state index contributed by atoms with van der Waals surface area (Å²) >= 11 is 0. The summed E-state index contributed by atoms with van der Waals surface area (Å²) in [5.74, 6) is -0.0801. The van der Waals surface area contributed by atoms with E-state index in [2.05, 4.69) is 0 Å². The molecule has 2 heterocycles. The van der Waals surface area contributed by atoms with E-state index in [4.69, 9.17) is 15.6 Å². The Labute approximate surface area is 106 Å². The Morgan fingerprint density at radius 2 is 2.39 bits per heavy atom. The van der Waals surface area contributed by atoms with Gasteiger partial charge in [-0.1, -0.05) is 0 Å². The third-order valence-corrected chi connectivity index (χ3v) is 3.22. The summed E-state index contributed by atoms with van der Waals surface area (Å²) in [5.41, 5.74) is 6.80. The number of carbonyl (C=O) groups is 1. The molecule has 0 aliphatic carbocycles. The second-order valence-electron chi connectivity index (χ2n) is 4.71. The van der Waals surface area contributed by atoms with Crippen molar-refractivity contribution in [2.45, 2.75) is 19.1 Å². The first-order valence-electron chi connectivity index (χ1n) is 5.98. The lowest BCUT2D eigenvalue weighted by molar-refractivity contribution is -0.0669. The molecule has 1 aromatic rings. The Balaban J connectivity index is 2.19. The Kier molecular flexibility index (Phi) is 3.58. The van der Waals surface area contributed by atoms with E-state index in [1.54, 1.807) is 28.8 Å². The summed E-state index contributed by atoms with van der Waals surface area (Å²) in [5, 5.41) is 9.12. The minimum atomic E-state index is -0.303. The molecule has 6 heteroatoms. The van der Waals surface area contributed by atoms with Crippen LogP contribution in [0.15, 0.2) is 12.3 Å². The molecule has 1 fully saturated rings. The molecule has 0 aromatic carbocycles. The summed E-state index contributed by atoms with van der Waals surface area (Å²) in [6.45, 7) is 2.70. The van der Waals surface area contributed by atoms with E-state index in [-0.39, 0.29) is 24.7 Å². The quantitative estimate of drug-likeness (QED) is 0.766. The van der Waals surface area contributed by atoms with Crippen molar-refractivity contribution in [2.75, 3.05) is 25.5 Å². The number of aliphatic hydroxyl groups excluding tert-OH is 1. The van der Waals surface area contributed by atoms with Crippen molar-refractivity contribution in [3.05, 3.63) is 18.0 Å². The van der Waals surface area contributed by atoms with Crippen LogP contribution >= 0.6 is 0 Å². The number of amides is 1. The van der Waals surface area contributed by atoms with Crippen LogP contribution in [0.25, 0.3) is 0 Å². The number of hydrogen-bond donors (Lipinski definition) is 2. The van der Waals surface area contributed by atoms with Gasteiger partial charge in [0.2, 0.25) is 0 Å². The van der Waals surface area contributed by atoms with Gasteiger partial charge in [0.1, 0.15) is 5.69 Å². The van der Waals surface area contributed by atoms with Gasteiger partial charge in [-0.2, -0.15) is 0 Å². The molecule has 1 aliphatic rings. The van der Waals surface area contributed by atoms with Crippen LogP contribution < -0.4 is 5.73 Å². The maximum atomic E-state index is 12.4. The van der Waals surface area contributed by atoms with Crippen LogP contribution in [-0.4, -0.2) is 52.4 Å². The number of nitrogen functional groups attached to an aromatic ring is 1. The topological polar surface area (TPSA) is 80.7 Å². The lowest BCUT2D eigenvalue weighted by Crippen LogP contribution is -2.52. The molecule has 3 N–H and O–H groups in total. The SMILES string of the molecule is CC1COC(CO)CN1C(=O)c1cc(N)cn1C. The van der Waals surface area contributed by atoms with Gasteiger partial charge in [0.05, 0.1) is 31.0 Å². The van der Waals surface area contributed by atoms with E-state index in [1.165, 1.54) is 0 Å². The van der Waals surface area contributed by atoms with Crippen molar-refractivity contribution < 1.29 is 14.6 Å². The monoisotopic (exact) mass is 253 g/mol. The first-order chi connectivity index (χ1) is 8.52. The molecule has 18 heavy (non-hydrogen) atoms. The maximum Gasteiger partial charge on any atom is 0.270 e. The fraction of sp³-hybridized carbons (Fsp3) is 0.583. The number of morpholine rings is 1. The highest BCUT2D eigenvalue weighted by molar-refractivity contribution is 5.94. The molecule has 2 unspecified atom stereocenters. The molecule has 0 bridgehead atoms. The van der Waals surface area contributed by atoms with Gasteiger partial charge in [-0.3, -0.25) is 4.79 Å². The molecule has 0 spiro atoms. The van der Waals surface area contributed by atoms with Gasteiger partial charge in [-0.05, 0) is 13.0 Å². The number of carbonyl (C=O) groups excluding carboxylic acids is 1. The number of aromatic nitrogens is 1. The van der Waals surface area contributed by atoms with Gasteiger partial charge in [0, 0.05) is 19.8 Å². The first kappa shape index (κ1) is 12.9. The molecule has 1 amide bonds. The lowest BCUT2D eigenvalue weighted by Gasteiger charge is -2.37. The second kappa shape index (κ2) is 4.99. The molecule has 0 saturated carbocycles. The highest BCUT2D eigenvalue weighted by Crippen LogP contribution is 2.17. The number of nitrogens with zero attached hydrogens (tertiary/aromatic N) is 2. The summed E-state index contributed by atoms with van der Waals surface area (Å²) < 4.78 is 7.13. The summed E-state index contributed by atoms with van der Waals surface area (Å²) in [6.07, 6.45) is 1.41. The minimum Gasteiger partial charge on any atom is -0.397 e. The number of aryl methyl sites for hydroxylation is 1. The van der Waals surface area contributed by atoms with Crippen molar-refractivity contribution in [3.8, 4) is 0 Å². The van der Waals surface area contributed by atoms with E-state index in [0.717, 1.165) is 0 Å². The highest BCUT2D eigenvalue weighted by atomic mass is 16.5. The van der Waals surface area contributed by atoms with Crippen molar-refractivity contribution in [3.63, 3.8) is 0 Å². The van der Waals surface area contributed by atoms with Crippen molar-refractivity contribution in [1.29, 1.82) is 0 Å². The summed E-state index contributed by atoms with van der Waals surface area (Å²) in [6, 6.07) is 1.66. The van der Waals surface area contributed by atoms with Crippen molar-refractivity contribution in [2.24, 2.45) is 7.05 Å². The average molecular weight is 253 g/mol. The molecule has 1 aliphatic heterocycles. The van der Waals surface area contributed by atoms with Crippen LogP contribution in [0.1, 0.15) is 17.4 Å². The largest absolute Gasteiger partial charge is 0.397 e. The zero-order chi connectivity index (χ0) is 13.3. The van der Waals surface area contributed by atoms with Crippen LogP contribution in [0.3, 0.4) is 0 Å². The summed E-state index contributed by atoms with van der Waals surface area (Å²) in [4.78, 5) is 14.1. The van der Waals surface area contributed by atoms with Crippen molar-refractivity contribution >= 4 is 11.6 Å². The van der Waals surface area contributed by atoms with E-state index in [0.29, 0.717) is 24.5 Å². The zero-order valence-electron chi connectivity index (χ0n) is 10.7. The molecular formula is C12H19N3O3. The van der Waals surface area contributed by atoms with Gasteiger partial charge >= 0.3 is 0 Å². The fourth-order valence-corrected chi connectivity index (χ4v) is 2.16. The van der Waals surface area contributed by atoms with Crippen LogP contribution in [-0.2, 0) is 11.8 Å². The Bertz CT molecular complexity index is 444. The van der Waals surface area contributed by atoms with Gasteiger partial charge in [-0.25, -0.2) is 0 Å². The Morgan fingerprint density at radius 1 is 1.67 bits per heavy atom. The number of ether oxygens (including phenoxy) is 1. The average Bonchev–Trinajstić information content (AvgIpc) is 2.68. The first-order valence-corrected chi connectivity index (χ1v) is 5.98. The highest BCUT2D eigenvalue weighted by Gasteiger charge is 2.30. The van der Waals surface area contributed by atoms with Gasteiger partial charge in [0.15, 0.2) is 0 Å². The smallest absolute Gasteiger partial charge is 0.270 e. The van der Waals surface area contributed by atoms with Gasteiger partial charge in [-0.15, -0.1) is 0 Å². The third kappa shape index (κ3) is 2.34. The Morgan fingerprint density at radius 3 is 2.94 bits per heavy atom. The molecule has 1 aromatic heterocycles. The normalized spacial score (nSPS) is 24.3. The molecule has 2 atom stereocenters. The predicted molar refractivity (Wildman–Crippen MR) is 67.1 cm³/mol. The fourth-order valence-electron chi connectivity index (χ4n) is 2.16. The van der Waals surface area contributed by atoms with Crippen LogP contribution in [0, 0.1) is 0 Å². The number of hydrogen-bond acceptors (Lipinski definition) is 4. The minimum absolute atomic E-state index is 0.00331. The molecule has 100 valence electrons. The third-order valence-electron chi connectivity index (χ3n) is 3.22. The number of rotatable bonds is 2. The number of aliphatic hydroxyl groups is 1. The van der Waals surface area contributed by atoms with Crippen LogP contribution in [0.4, 0.5) is 5.69 Å². The molecule has 1 saturated heterocycles. The van der Waals surface area contributed by atoms with E-state index < -0.39 is 0 Å². The van der Waals surface area contributed by atoms with Gasteiger partial charge in [0.25, 0.3) is 5.91 Å². The van der Waals surface area contributed by atoms with Crippen LogP contribution in [0.2, 0.25) is 0 Å². The summed E-state index contributed by atoms with van der Waals surface area (Å²) in [7, 11) is 1.79. The molecule has 2 rings (SSSR count). The predicted octanol–water partition coefficient (Wildman–Crippen LogP) is -0.171. The van der Waals surface area contributed by atoms with Gasteiger partial charge < -0.3 is 25.0 Å². The van der Waals surface area contributed by atoms with Crippen molar-refractivity contribution in [1.82, 2.24) is 9.47 Å². The van der Waals surface area contributed by atoms with E-state index in [1.807, 2.05) is 6.92 Å². The van der Waals surface area contributed by atoms with E-state index >= 15 is 0 Å². The standard InChI is InChI=1S/C12H19N3O3/c1-8-7-18-10(6-16)5-15(8)12(17)11-3-9(13)4-14(11)2/h3-4,8,10,16H,5-7,13H2,1-2H3. The maximum absolute atomic E-state index is 12.4. The second-order valence-corrected chi connectivity index (χ2v) is 4.71.